The molecule has 87 heavy (non-hydrogen) atoms. The topological polar surface area (TPSA) is 105 Å². The van der Waals surface area contributed by atoms with Crippen LogP contribution in [-0.2, 0) is 18.4 Å². The third-order valence-corrected chi connectivity index (χ3v) is 15.3. The first-order chi connectivity index (χ1) is 42.5. The maximum Gasteiger partial charge on any atom is 0.472 e. The average molecular weight is 1220 g/mol. The Labute approximate surface area is 536 Å². The fraction of sp³-hybridized carbons (Fsp3) is 0.603. The molecule has 0 saturated carbocycles. The molecule has 0 fully saturated rings. The molecule has 0 heterocycles. The molecule has 0 spiro atoms. The fourth-order valence-electron chi connectivity index (χ4n) is 9.00. The minimum absolute atomic E-state index is 0.0348. The Morgan fingerprint density at radius 3 is 1.06 bits per heavy atom. The molecule has 0 aliphatic carbocycles. The lowest BCUT2D eigenvalue weighted by atomic mass is 10.0. The minimum Gasteiger partial charge on any atom is -0.387 e. The molecular weight excluding hydrogens is 1090 g/mol. The Bertz CT molecular complexity index is 2070. The summed E-state index contributed by atoms with van der Waals surface area (Å²) in [6.45, 7) is 4.63. The van der Waals surface area contributed by atoms with E-state index in [2.05, 4.69) is 189 Å². The summed E-state index contributed by atoms with van der Waals surface area (Å²) < 4.78 is 23.7. The predicted molar refractivity (Wildman–Crippen MR) is 382 cm³/mol. The van der Waals surface area contributed by atoms with E-state index in [-0.39, 0.29) is 25.5 Å². The van der Waals surface area contributed by atoms with Crippen molar-refractivity contribution in [3.05, 3.63) is 182 Å². The van der Waals surface area contributed by atoms with E-state index >= 15 is 0 Å². The van der Waals surface area contributed by atoms with Crippen LogP contribution >= 0.6 is 7.82 Å². The van der Waals surface area contributed by atoms with E-state index in [1.807, 2.05) is 27.2 Å². The van der Waals surface area contributed by atoms with Crippen molar-refractivity contribution in [2.45, 2.75) is 264 Å². The summed E-state index contributed by atoms with van der Waals surface area (Å²) in [4.78, 5) is 23.4. The van der Waals surface area contributed by atoms with Crippen LogP contribution in [0.5, 0.6) is 0 Å². The number of phosphoric ester groups is 1. The van der Waals surface area contributed by atoms with Crippen molar-refractivity contribution in [3.63, 3.8) is 0 Å². The molecule has 0 bridgehead atoms. The summed E-state index contributed by atoms with van der Waals surface area (Å²) in [5, 5.41) is 13.9. The second-order valence-electron chi connectivity index (χ2n) is 23.8. The lowest BCUT2D eigenvalue weighted by Crippen LogP contribution is -2.45. The number of allylic oxidation sites excluding steroid dienone is 29. The van der Waals surface area contributed by atoms with Crippen molar-refractivity contribution in [3.8, 4) is 0 Å². The number of carbonyl (C=O) groups is 1. The zero-order valence-corrected chi connectivity index (χ0v) is 57.1. The highest BCUT2D eigenvalue weighted by Gasteiger charge is 2.27. The smallest absolute Gasteiger partial charge is 0.387 e. The number of hydrogen-bond donors (Lipinski definition) is 3. The number of carbonyl (C=O) groups excluding carboxylic acids is 1. The van der Waals surface area contributed by atoms with Crippen molar-refractivity contribution in [2.75, 3.05) is 40.9 Å². The van der Waals surface area contributed by atoms with E-state index < -0.39 is 20.0 Å². The van der Waals surface area contributed by atoms with Gasteiger partial charge in [-0.3, -0.25) is 13.8 Å². The van der Waals surface area contributed by atoms with Gasteiger partial charge in [0.1, 0.15) is 13.2 Å². The van der Waals surface area contributed by atoms with Crippen molar-refractivity contribution >= 4 is 13.7 Å². The maximum atomic E-state index is 13.0. The second-order valence-corrected chi connectivity index (χ2v) is 25.3. The Balaban J connectivity index is 4.32. The summed E-state index contributed by atoms with van der Waals surface area (Å²) in [7, 11) is 1.49. The van der Waals surface area contributed by atoms with Crippen LogP contribution in [0.3, 0.4) is 0 Å². The highest BCUT2D eigenvalue weighted by molar-refractivity contribution is 7.47. The normalized spacial score (nSPS) is 14.8. The molecule has 9 heteroatoms. The minimum atomic E-state index is -4.39. The van der Waals surface area contributed by atoms with Gasteiger partial charge in [0.2, 0.25) is 5.91 Å². The van der Waals surface area contributed by atoms with Crippen LogP contribution in [0.25, 0.3) is 0 Å². The van der Waals surface area contributed by atoms with Crippen LogP contribution in [0, 0.1) is 0 Å². The highest BCUT2D eigenvalue weighted by atomic mass is 31.2. The quantitative estimate of drug-likeness (QED) is 0.0243. The van der Waals surface area contributed by atoms with Gasteiger partial charge in [-0.15, -0.1) is 0 Å². The van der Waals surface area contributed by atoms with Gasteiger partial charge in [-0.05, 0) is 135 Å². The van der Waals surface area contributed by atoms with Crippen LogP contribution < -0.4 is 5.32 Å². The number of likely N-dealkylation sites (N-methyl/N-ethyl adjacent to an activating group) is 1. The zero-order chi connectivity index (χ0) is 63.4. The average Bonchev–Trinajstić information content (AvgIpc) is 3.69. The van der Waals surface area contributed by atoms with Crippen LogP contribution in [0.1, 0.15) is 251 Å². The summed E-state index contributed by atoms with van der Waals surface area (Å²) in [6.07, 6.45) is 106. The SMILES string of the molecule is CC/C=C\C/C=C\C/C=C\C/C=C\C/C=C\C/C=C\C/C=C\C/C=C\C/C=C\C/C=C\C/C=C\C/C=C\CCCCC(=O)NC(COP(=O)(O)OCC[N+](C)(C)C)C(O)/C=C/CC/C=C/CC/C=C/CCCCCCCCCCCCCCCCCC. The molecule has 0 aliphatic heterocycles. The van der Waals surface area contributed by atoms with Gasteiger partial charge in [-0.25, -0.2) is 4.57 Å². The Morgan fingerprint density at radius 1 is 0.402 bits per heavy atom. The van der Waals surface area contributed by atoms with Crippen LogP contribution in [0.2, 0.25) is 0 Å². The van der Waals surface area contributed by atoms with Gasteiger partial charge in [-0.1, -0.05) is 292 Å². The Kier molecular flexibility index (Phi) is 62.7. The lowest BCUT2D eigenvalue weighted by molar-refractivity contribution is -0.870. The Hall–Kier alpha value is -4.40. The number of nitrogens with zero attached hydrogens (tertiary/aromatic N) is 1. The Morgan fingerprint density at radius 2 is 0.701 bits per heavy atom. The molecule has 0 aromatic heterocycles. The van der Waals surface area contributed by atoms with Crippen LogP contribution in [0.15, 0.2) is 182 Å². The van der Waals surface area contributed by atoms with Gasteiger partial charge < -0.3 is 19.8 Å². The van der Waals surface area contributed by atoms with Crippen molar-refractivity contribution in [2.24, 2.45) is 0 Å². The van der Waals surface area contributed by atoms with E-state index in [1.165, 1.54) is 109 Å². The van der Waals surface area contributed by atoms with Gasteiger partial charge in [0.05, 0.1) is 39.9 Å². The molecule has 492 valence electrons. The standard InChI is InChI=1S/C78H129N2O6P/c1-6-8-10-12-14-16-18-20-22-24-26-28-30-32-34-35-36-37-38-39-40-41-42-43-44-45-46-48-50-52-54-56-58-60-62-64-66-68-70-72-78(82)79-76(75-86-87(83,84)85-74-73-80(3,4)5)77(81)71-69-67-65-63-61-59-57-55-53-51-49-47-33-31-29-27-25-23-21-19-17-15-13-11-9-7-2/h8,10,14,16,20,22,26,28,32,34,36-37,39-40,42-43,45-46,50,52-53,55-56,58,61-64,69,71,76-77,81H,6-7,9,11-13,15,17-19,21,23-25,27,29-31,33,35,38,41,44,47-49,51,54,57,59-60,65-68,70,72-75H2,1-5H3,(H-,79,82,83,84)/p+1/b10-8-,16-14-,22-20-,28-26-,34-32-,37-36-,40-39-,43-42-,46-45-,52-50-,55-53+,58-56-,63-61+,64-62-,71-69+. The van der Waals surface area contributed by atoms with Gasteiger partial charge in [0, 0.05) is 6.42 Å². The van der Waals surface area contributed by atoms with E-state index in [1.54, 1.807) is 6.08 Å². The number of phosphoric acid groups is 1. The summed E-state index contributed by atoms with van der Waals surface area (Å²) in [5.74, 6) is -0.239. The van der Waals surface area contributed by atoms with Gasteiger partial charge >= 0.3 is 7.82 Å². The first kappa shape index (κ1) is 82.6. The molecule has 0 aromatic rings. The maximum absolute atomic E-state index is 13.0. The highest BCUT2D eigenvalue weighted by Crippen LogP contribution is 2.43. The summed E-state index contributed by atoms with van der Waals surface area (Å²) >= 11 is 0. The number of rotatable bonds is 61. The van der Waals surface area contributed by atoms with Crippen molar-refractivity contribution in [1.82, 2.24) is 5.32 Å². The summed E-state index contributed by atoms with van der Waals surface area (Å²) in [6, 6.07) is -0.909. The van der Waals surface area contributed by atoms with E-state index in [4.69, 9.17) is 9.05 Å². The number of aliphatic hydroxyl groups is 1. The fourth-order valence-corrected chi connectivity index (χ4v) is 9.73. The van der Waals surface area contributed by atoms with Crippen LogP contribution in [-0.4, -0.2) is 73.4 Å². The second kappa shape index (κ2) is 66.0. The van der Waals surface area contributed by atoms with Gasteiger partial charge in [0.15, 0.2) is 0 Å². The first-order valence-electron chi connectivity index (χ1n) is 34.7. The molecule has 8 nitrogen and oxygen atoms in total. The number of quaternary nitrogens is 1. The molecule has 3 unspecified atom stereocenters. The summed E-state index contributed by atoms with van der Waals surface area (Å²) in [5.41, 5.74) is 0. The molecule has 0 rings (SSSR count). The van der Waals surface area contributed by atoms with E-state index in [9.17, 15) is 19.4 Å². The number of amides is 1. The van der Waals surface area contributed by atoms with Crippen molar-refractivity contribution < 1.29 is 32.9 Å². The molecule has 0 aromatic carbocycles. The van der Waals surface area contributed by atoms with Crippen molar-refractivity contribution in [1.29, 1.82) is 0 Å². The number of hydrogen-bond acceptors (Lipinski definition) is 5. The lowest BCUT2D eigenvalue weighted by Gasteiger charge is -2.25. The van der Waals surface area contributed by atoms with Gasteiger partial charge in [-0.2, -0.15) is 0 Å². The third kappa shape index (κ3) is 68.9. The monoisotopic (exact) mass is 1220 g/mol. The molecule has 0 saturated heterocycles. The number of unbranched alkanes of at least 4 members (excludes halogenated alkanes) is 20. The molecule has 3 N–H and O–H groups in total. The molecule has 1 amide bonds. The first-order valence-corrected chi connectivity index (χ1v) is 36.2. The molecule has 3 atom stereocenters. The number of nitrogens with one attached hydrogen (secondary N) is 1. The van der Waals surface area contributed by atoms with E-state index in [0.717, 1.165) is 116 Å². The largest absolute Gasteiger partial charge is 0.472 e. The van der Waals surface area contributed by atoms with E-state index in [0.29, 0.717) is 17.4 Å². The predicted octanol–water partition coefficient (Wildman–Crippen LogP) is 22.5. The molecule has 0 aliphatic rings. The molecule has 0 radical (unpaired) electrons. The molecular formula is C78H130N2O6P+. The van der Waals surface area contributed by atoms with Gasteiger partial charge in [0.25, 0.3) is 0 Å². The van der Waals surface area contributed by atoms with Crippen LogP contribution in [0.4, 0.5) is 0 Å². The third-order valence-electron chi connectivity index (χ3n) is 14.3. The zero-order valence-electron chi connectivity index (χ0n) is 56.2. The number of aliphatic hydroxyl groups excluding tert-OH is 1.